The van der Waals surface area contributed by atoms with E-state index in [2.05, 4.69) is 0 Å². The molecule has 1 aromatic rings. The molecule has 0 amide bonds. The van der Waals surface area contributed by atoms with Gasteiger partial charge in [-0.15, -0.1) is 0 Å². The maximum absolute atomic E-state index is 10.1. The predicted molar refractivity (Wildman–Crippen MR) is 84.9 cm³/mol. The lowest BCUT2D eigenvalue weighted by molar-refractivity contribution is -0.0949. The molecule has 1 aromatic carbocycles. The Balaban J connectivity index is 1.53. The highest BCUT2D eigenvalue weighted by Gasteiger charge is 2.47. The van der Waals surface area contributed by atoms with Gasteiger partial charge in [0.05, 0.1) is 12.2 Å². The molecule has 1 aliphatic heterocycles. The van der Waals surface area contributed by atoms with E-state index in [0.717, 1.165) is 11.3 Å². The third-order valence-corrected chi connectivity index (χ3v) is 4.66. The second-order valence-corrected chi connectivity index (χ2v) is 6.49. The summed E-state index contributed by atoms with van der Waals surface area (Å²) in [6, 6.07) is 7.66. The first-order chi connectivity index (χ1) is 11.0. The highest BCUT2D eigenvalue weighted by atomic mass is 16.6. The minimum Gasteiger partial charge on any atom is -0.491 e. The van der Waals surface area contributed by atoms with Gasteiger partial charge in [0.1, 0.15) is 18.5 Å². The molecule has 1 saturated carbocycles. The number of ether oxygens (including phenoxy) is 2. The van der Waals surface area contributed by atoms with Crippen LogP contribution in [0.5, 0.6) is 5.75 Å². The zero-order valence-electron chi connectivity index (χ0n) is 13.2. The van der Waals surface area contributed by atoms with E-state index in [1.807, 2.05) is 37.3 Å². The molecule has 0 aromatic heterocycles. The molecular formula is C18H24O5. The fraction of sp³-hybridized carbons (Fsp3) is 0.556. The highest BCUT2D eigenvalue weighted by Crippen LogP contribution is 2.43. The smallest absolute Gasteiger partial charge is 0.155 e. The third-order valence-electron chi connectivity index (χ3n) is 4.66. The Labute approximate surface area is 136 Å². The van der Waals surface area contributed by atoms with Crippen molar-refractivity contribution < 1.29 is 24.8 Å². The summed E-state index contributed by atoms with van der Waals surface area (Å²) in [5.74, 6) is 0.748. The van der Waals surface area contributed by atoms with E-state index in [4.69, 9.17) is 9.47 Å². The summed E-state index contributed by atoms with van der Waals surface area (Å²) >= 11 is 0. The highest BCUT2D eigenvalue weighted by molar-refractivity contribution is 5.27. The van der Waals surface area contributed by atoms with Crippen LogP contribution in [0.25, 0.3) is 0 Å². The van der Waals surface area contributed by atoms with Gasteiger partial charge < -0.3 is 24.8 Å². The summed E-state index contributed by atoms with van der Waals surface area (Å²) in [4.78, 5) is 0. The molecule has 1 aliphatic carbocycles. The molecule has 3 rings (SSSR count). The first-order valence-electron chi connectivity index (χ1n) is 8.10. The second kappa shape index (κ2) is 7.01. The number of hydrogen-bond donors (Lipinski definition) is 3. The Morgan fingerprint density at radius 3 is 2.96 bits per heavy atom. The minimum atomic E-state index is -0.742. The van der Waals surface area contributed by atoms with E-state index in [-0.39, 0.29) is 24.5 Å². The number of rotatable bonds is 5. The van der Waals surface area contributed by atoms with Gasteiger partial charge in [-0.25, -0.2) is 0 Å². The Morgan fingerprint density at radius 2 is 2.17 bits per heavy atom. The lowest BCUT2D eigenvalue weighted by atomic mass is 9.91. The van der Waals surface area contributed by atoms with E-state index in [1.165, 1.54) is 0 Å². The molecule has 23 heavy (non-hydrogen) atoms. The summed E-state index contributed by atoms with van der Waals surface area (Å²) in [6.07, 6.45) is 2.52. The van der Waals surface area contributed by atoms with E-state index >= 15 is 0 Å². The van der Waals surface area contributed by atoms with Crippen molar-refractivity contribution >= 4 is 0 Å². The van der Waals surface area contributed by atoms with Crippen molar-refractivity contribution in [3.8, 4) is 5.75 Å². The average Bonchev–Trinajstić information content (AvgIpc) is 2.98. The molecule has 1 unspecified atom stereocenters. The maximum Gasteiger partial charge on any atom is 0.155 e. The zero-order valence-corrected chi connectivity index (χ0v) is 13.2. The fourth-order valence-corrected chi connectivity index (χ4v) is 3.53. The number of hydrogen-bond acceptors (Lipinski definition) is 5. The summed E-state index contributed by atoms with van der Waals surface area (Å²) in [5, 5.41) is 29.7. The average molecular weight is 320 g/mol. The largest absolute Gasteiger partial charge is 0.491 e. The van der Waals surface area contributed by atoms with Crippen molar-refractivity contribution in [1.29, 1.82) is 0 Å². The van der Waals surface area contributed by atoms with Gasteiger partial charge in [0.15, 0.2) is 6.29 Å². The van der Waals surface area contributed by atoms with Gasteiger partial charge in [0, 0.05) is 18.8 Å². The van der Waals surface area contributed by atoms with Crippen LogP contribution >= 0.6 is 0 Å². The molecular weight excluding hydrogens is 296 g/mol. The number of benzene rings is 1. The van der Waals surface area contributed by atoms with Gasteiger partial charge in [-0.2, -0.15) is 0 Å². The molecule has 5 heteroatoms. The van der Waals surface area contributed by atoms with Crippen molar-refractivity contribution in [2.75, 3.05) is 6.61 Å². The molecule has 3 N–H and O–H groups in total. The van der Waals surface area contributed by atoms with Crippen LogP contribution < -0.4 is 4.74 Å². The molecule has 5 nitrogen and oxygen atoms in total. The Kier molecular flexibility index (Phi) is 5.02. The van der Waals surface area contributed by atoms with Crippen LogP contribution in [0.4, 0.5) is 0 Å². The Hall–Kier alpha value is -1.40. The number of aryl methyl sites for hydroxylation is 1. The van der Waals surface area contributed by atoms with Crippen LogP contribution in [0.3, 0.4) is 0 Å². The lowest BCUT2D eigenvalue weighted by Crippen LogP contribution is -2.20. The second-order valence-electron chi connectivity index (χ2n) is 6.49. The van der Waals surface area contributed by atoms with E-state index < -0.39 is 18.5 Å². The first-order valence-corrected chi connectivity index (χ1v) is 8.10. The van der Waals surface area contributed by atoms with Crippen molar-refractivity contribution in [3.05, 3.63) is 42.0 Å². The quantitative estimate of drug-likeness (QED) is 0.715. The molecule has 0 bridgehead atoms. The zero-order chi connectivity index (χ0) is 16.4. The SMILES string of the molecule is Cc1cccc(OC[C@H](O)/C=C/[C@@H]2[C@H]3CC(O)O[C@H]3C[C@H]2O)c1. The summed E-state index contributed by atoms with van der Waals surface area (Å²) < 4.78 is 10.9. The first kappa shape index (κ1) is 16.5. The van der Waals surface area contributed by atoms with Gasteiger partial charge in [-0.3, -0.25) is 0 Å². The van der Waals surface area contributed by atoms with Crippen LogP contribution in [0, 0.1) is 18.8 Å². The standard InChI is InChI=1S/C18H24O5/c1-11-3-2-4-13(7-11)22-10-12(19)5-6-14-15-8-18(21)23-17(15)9-16(14)20/h2-7,12,14-21H,8-10H2,1H3/b6-5+/t12-,14-,15-,16-,17+,18?/m1/s1. The molecule has 2 aliphatic rings. The monoisotopic (exact) mass is 320 g/mol. The molecule has 0 radical (unpaired) electrons. The molecule has 6 atom stereocenters. The number of fused-ring (bicyclic) bond motifs is 1. The maximum atomic E-state index is 10.1. The van der Waals surface area contributed by atoms with Gasteiger partial charge in [0.25, 0.3) is 0 Å². The third kappa shape index (κ3) is 3.93. The van der Waals surface area contributed by atoms with Crippen molar-refractivity contribution in [3.63, 3.8) is 0 Å². The topological polar surface area (TPSA) is 79.2 Å². The van der Waals surface area contributed by atoms with Crippen LogP contribution in [0.1, 0.15) is 18.4 Å². The van der Waals surface area contributed by atoms with Gasteiger partial charge in [0.2, 0.25) is 0 Å². The van der Waals surface area contributed by atoms with Crippen LogP contribution in [0.15, 0.2) is 36.4 Å². The van der Waals surface area contributed by atoms with E-state index in [9.17, 15) is 15.3 Å². The van der Waals surface area contributed by atoms with Gasteiger partial charge in [-0.1, -0.05) is 24.3 Å². The normalized spacial score (nSPS) is 34.7. The molecule has 1 saturated heterocycles. The van der Waals surface area contributed by atoms with Crippen molar-refractivity contribution in [2.45, 2.75) is 44.4 Å². The predicted octanol–water partition coefficient (Wildman–Crippen LogP) is 1.40. The summed E-state index contributed by atoms with van der Waals surface area (Å²) in [6.45, 7) is 2.15. The van der Waals surface area contributed by atoms with Gasteiger partial charge >= 0.3 is 0 Å². The van der Waals surface area contributed by atoms with Crippen LogP contribution in [-0.4, -0.2) is 46.5 Å². The van der Waals surface area contributed by atoms with E-state index in [0.29, 0.717) is 12.8 Å². The van der Waals surface area contributed by atoms with Crippen LogP contribution in [-0.2, 0) is 4.74 Å². The fourth-order valence-electron chi connectivity index (χ4n) is 3.53. The van der Waals surface area contributed by atoms with Crippen molar-refractivity contribution in [1.82, 2.24) is 0 Å². The van der Waals surface area contributed by atoms with E-state index in [1.54, 1.807) is 6.08 Å². The summed E-state index contributed by atoms with van der Waals surface area (Å²) in [7, 11) is 0. The molecule has 126 valence electrons. The lowest BCUT2D eigenvalue weighted by Gasteiger charge is -2.17. The van der Waals surface area contributed by atoms with Crippen LogP contribution in [0.2, 0.25) is 0 Å². The molecule has 0 spiro atoms. The minimum absolute atomic E-state index is 0.0877. The number of aliphatic hydroxyl groups is 3. The summed E-state index contributed by atoms with van der Waals surface area (Å²) in [5.41, 5.74) is 1.10. The molecule has 1 heterocycles. The Bertz CT molecular complexity index is 558. The van der Waals surface area contributed by atoms with Crippen molar-refractivity contribution in [2.24, 2.45) is 11.8 Å². The molecule has 2 fully saturated rings. The Morgan fingerprint density at radius 1 is 1.35 bits per heavy atom. The van der Waals surface area contributed by atoms with Gasteiger partial charge in [-0.05, 0) is 30.5 Å². The number of aliphatic hydroxyl groups excluding tert-OH is 3.